The van der Waals surface area contributed by atoms with Gasteiger partial charge in [0.05, 0.1) is 5.92 Å². The Morgan fingerprint density at radius 3 is 2.35 bits per heavy atom. The summed E-state index contributed by atoms with van der Waals surface area (Å²) in [6.45, 7) is 1.93. The van der Waals surface area contributed by atoms with Crippen LogP contribution in [-0.2, 0) is 4.79 Å². The molecule has 0 aromatic carbocycles. The van der Waals surface area contributed by atoms with Gasteiger partial charge in [-0.1, -0.05) is 0 Å². The third-order valence-electron chi connectivity index (χ3n) is 4.19. The molecule has 0 aromatic heterocycles. The molecule has 0 aromatic rings. The highest BCUT2D eigenvalue weighted by molar-refractivity contribution is 7.99. The molecule has 1 amide bonds. The van der Waals surface area contributed by atoms with Gasteiger partial charge in [-0.25, -0.2) is 0 Å². The molecule has 3 fully saturated rings. The summed E-state index contributed by atoms with van der Waals surface area (Å²) in [5.41, 5.74) is 0. The molecule has 1 N–H and O–H groups in total. The minimum Gasteiger partial charge on any atom is -0.336 e. The van der Waals surface area contributed by atoms with E-state index >= 15 is 0 Å². The van der Waals surface area contributed by atoms with Gasteiger partial charge in [0.15, 0.2) is 0 Å². The molecule has 2 aliphatic heterocycles. The summed E-state index contributed by atoms with van der Waals surface area (Å²) in [7, 11) is 0. The highest BCUT2D eigenvalue weighted by Gasteiger charge is 2.40. The highest BCUT2D eigenvalue weighted by Crippen LogP contribution is 2.34. The van der Waals surface area contributed by atoms with E-state index in [2.05, 4.69) is 10.2 Å². The standard InChI is InChI=1S/C13H22N2OS/c16-13(10-3-6-14-9-10)15(11-1-2-11)12-4-7-17-8-5-12/h10-12,14H,1-9H2/t10-/m1/s1. The first-order valence-corrected chi connectivity index (χ1v) is 8.12. The second-order valence-corrected chi connectivity index (χ2v) is 6.73. The normalized spacial score (nSPS) is 30.5. The lowest BCUT2D eigenvalue weighted by Crippen LogP contribution is -2.47. The summed E-state index contributed by atoms with van der Waals surface area (Å²) in [6.07, 6.45) is 5.97. The van der Waals surface area contributed by atoms with Crippen LogP contribution < -0.4 is 5.32 Å². The lowest BCUT2D eigenvalue weighted by atomic mass is 10.0. The molecule has 2 heterocycles. The van der Waals surface area contributed by atoms with Crippen molar-refractivity contribution in [1.29, 1.82) is 0 Å². The summed E-state index contributed by atoms with van der Waals surface area (Å²) in [4.78, 5) is 14.9. The van der Waals surface area contributed by atoms with Crippen LogP contribution in [0.2, 0.25) is 0 Å². The molecule has 3 rings (SSSR count). The summed E-state index contributed by atoms with van der Waals surface area (Å²) in [5, 5.41) is 3.32. The Morgan fingerprint density at radius 1 is 1.06 bits per heavy atom. The predicted octanol–water partition coefficient (Wildman–Crippen LogP) is 1.48. The van der Waals surface area contributed by atoms with Crippen LogP contribution in [-0.4, -0.2) is 47.5 Å². The van der Waals surface area contributed by atoms with E-state index in [4.69, 9.17) is 0 Å². The molecular formula is C13H22N2OS. The van der Waals surface area contributed by atoms with Gasteiger partial charge in [-0.3, -0.25) is 4.79 Å². The summed E-state index contributed by atoms with van der Waals surface area (Å²) < 4.78 is 0. The van der Waals surface area contributed by atoms with Crippen molar-refractivity contribution in [2.24, 2.45) is 5.92 Å². The van der Waals surface area contributed by atoms with Crippen molar-refractivity contribution in [2.45, 2.75) is 44.2 Å². The fourth-order valence-corrected chi connectivity index (χ4v) is 4.13. The van der Waals surface area contributed by atoms with Crippen molar-refractivity contribution in [2.75, 3.05) is 24.6 Å². The number of carbonyl (C=O) groups excluding carboxylic acids is 1. The van der Waals surface area contributed by atoms with Crippen molar-refractivity contribution in [3.05, 3.63) is 0 Å². The van der Waals surface area contributed by atoms with E-state index < -0.39 is 0 Å². The Hall–Kier alpha value is -0.220. The van der Waals surface area contributed by atoms with Crippen molar-refractivity contribution in [3.8, 4) is 0 Å². The van der Waals surface area contributed by atoms with E-state index in [0.717, 1.165) is 19.5 Å². The second-order valence-electron chi connectivity index (χ2n) is 5.51. The Morgan fingerprint density at radius 2 is 1.76 bits per heavy atom. The number of hydrogen-bond acceptors (Lipinski definition) is 3. The molecule has 0 unspecified atom stereocenters. The summed E-state index contributed by atoms with van der Waals surface area (Å²) in [5.74, 6) is 3.20. The van der Waals surface area contributed by atoms with Crippen LogP contribution in [0.5, 0.6) is 0 Å². The maximum absolute atomic E-state index is 12.6. The van der Waals surface area contributed by atoms with Crippen LogP contribution in [0.1, 0.15) is 32.1 Å². The van der Waals surface area contributed by atoms with Gasteiger partial charge in [-0.2, -0.15) is 11.8 Å². The minimum absolute atomic E-state index is 0.269. The number of rotatable bonds is 3. The van der Waals surface area contributed by atoms with Crippen LogP contribution in [0.3, 0.4) is 0 Å². The molecule has 96 valence electrons. The first-order chi connectivity index (χ1) is 8.36. The molecule has 0 radical (unpaired) electrons. The molecule has 0 spiro atoms. The van der Waals surface area contributed by atoms with Crippen molar-refractivity contribution in [1.82, 2.24) is 10.2 Å². The Bertz CT molecular complexity index is 281. The van der Waals surface area contributed by atoms with Gasteiger partial charge in [0.2, 0.25) is 5.91 Å². The maximum Gasteiger partial charge on any atom is 0.227 e. The fraction of sp³-hybridized carbons (Fsp3) is 0.923. The quantitative estimate of drug-likeness (QED) is 0.828. The minimum atomic E-state index is 0.269. The monoisotopic (exact) mass is 254 g/mol. The van der Waals surface area contributed by atoms with E-state index in [1.807, 2.05) is 11.8 Å². The van der Waals surface area contributed by atoms with Crippen molar-refractivity contribution < 1.29 is 4.79 Å². The van der Waals surface area contributed by atoms with Gasteiger partial charge in [0.1, 0.15) is 0 Å². The molecule has 3 aliphatic rings. The van der Waals surface area contributed by atoms with E-state index in [9.17, 15) is 4.79 Å². The van der Waals surface area contributed by atoms with Gasteiger partial charge in [-0.05, 0) is 50.2 Å². The first-order valence-electron chi connectivity index (χ1n) is 6.97. The lowest BCUT2D eigenvalue weighted by molar-refractivity contribution is -0.138. The number of thioether (sulfide) groups is 1. The first kappa shape index (κ1) is 11.8. The number of carbonyl (C=O) groups is 1. The van der Waals surface area contributed by atoms with Gasteiger partial charge in [0, 0.05) is 18.6 Å². The van der Waals surface area contributed by atoms with E-state index in [-0.39, 0.29) is 5.92 Å². The molecule has 2 saturated heterocycles. The number of nitrogens with one attached hydrogen (secondary N) is 1. The molecule has 1 saturated carbocycles. The van der Waals surface area contributed by atoms with Gasteiger partial charge >= 0.3 is 0 Å². The van der Waals surface area contributed by atoms with E-state index in [1.165, 1.54) is 37.2 Å². The molecule has 1 aliphatic carbocycles. The van der Waals surface area contributed by atoms with Crippen LogP contribution in [0.15, 0.2) is 0 Å². The predicted molar refractivity (Wildman–Crippen MR) is 71.2 cm³/mol. The van der Waals surface area contributed by atoms with Gasteiger partial charge in [0.25, 0.3) is 0 Å². The number of amides is 1. The molecule has 1 atom stereocenters. The Kier molecular flexibility index (Phi) is 3.61. The third-order valence-corrected chi connectivity index (χ3v) is 5.24. The van der Waals surface area contributed by atoms with Gasteiger partial charge in [-0.15, -0.1) is 0 Å². The average molecular weight is 254 g/mol. The molecule has 4 heteroatoms. The second kappa shape index (κ2) is 5.19. The number of hydrogen-bond donors (Lipinski definition) is 1. The maximum atomic E-state index is 12.6. The van der Waals surface area contributed by atoms with E-state index in [1.54, 1.807) is 0 Å². The highest BCUT2D eigenvalue weighted by atomic mass is 32.2. The van der Waals surface area contributed by atoms with Crippen LogP contribution >= 0.6 is 11.8 Å². The lowest BCUT2D eigenvalue weighted by Gasteiger charge is -2.36. The van der Waals surface area contributed by atoms with Crippen LogP contribution in [0.25, 0.3) is 0 Å². The summed E-state index contributed by atoms with van der Waals surface area (Å²) >= 11 is 2.04. The third kappa shape index (κ3) is 2.63. The fourth-order valence-electron chi connectivity index (χ4n) is 3.05. The topological polar surface area (TPSA) is 32.3 Å². The zero-order valence-corrected chi connectivity index (χ0v) is 11.2. The molecule has 17 heavy (non-hydrogen) atoms. The molecule has 3 nitrogen and oxygen atoms in total. The zero-order chi connectivity index (χ0) is 11.7. The SMILES string of the molecule is O=C([C@@H]1CCNC1)N(C1CCSCC1)C1CC1. The zero-order valence-electron chi connectivity index (χ0n) is 10.4. The summed E-state index contributed by atoms with van der Waals surface area (Å²) in [6, 6.07) is 1.15. The molecular weight excluding hydrogens is 232 g/mol. The van der Waals surface area contributed by atoms with Crippen molar-refractivity contribution in [3.63, 3.8) is 0 Å². The largest absolute Gasteiger partial charge is 0.336 e. The Balaban J connectivity index is 1.67. The Labute approximate surface area is 108 Å². The smallest absolute Gasteiger partial charge is 0.227 e. The molecule has 0 bridgehead atoms. The van der Waals surface area contributed by atoms with E-state index in [0.29, 0.717) is 18.0 Å². The van der Waals surface area contributed by atoms with Gasteiger partial charge < -0.3 is 10.2 Å². The number of nitrogens with zero attached hydrogens (tertiary/aromatic N) is 1. The van der Waals surface area contributed by atoms with Crippen LogP contribution in [0, 0.1) is 5.92 Å². The van der Waals surface area contributed by atoms with Crippen LogP contribution in [0.4, 0.5) is 0 Å². The van der Waals surface area contributed by atoms with Crippen molar-refractivity contribution >= 4 is 17.7 Å². The average Bonchev–Trinajstić information content (AvgIpc) is 3.04.